The number of aliphatic hydroxyl groups is 1. The number of aliphatic hydroxyl groups excluding tert-OH is 1. The van der Waals surface area contributed by atoms with Crippen LogP contribution in [0.2, 0.25) is 0 Å². The molecule has 0 radical (unpaired) electrons. The lowest BCUT2D eigenvalue weighted by atomic mass is 9.89. The van der Waals surface area contributed by atoms with Crippen molar-refractivity contribution in [3.8, 4) is 0 Å². The second kappa shape index (κ2) is 12.5. The van der Waals surface area contributed by atoms with E-state index < -0.39 is 6.23 Å². The van der Waals surface area contributed by atoms with Crippen LogP contribution in [0.1, 0.15) is 58.3 Å². The Morgan fingerprint density at radius 2 is 1.67 bits per heavy atom. The fourth-order valence-corrected chi connectivity index (χ4v) is 5.68. The molecule has 0 bridgehead atoms. The van der Waals surface area contributed by atoms with Crippen molar-refractivity contribution >= 4 is 23.2 Å². The highest BCUT2D eigenvalue weighted by Gasteiger charge is 2.37. The number of piperidine rings is 1. The number of rotatable bonds is 9. The van der Waals surface area contributed by atoms with E-state index in [0.717, 1.165) is 71.0 Å². The van der Waals surface area contributed by atoms with Gasteiger partial charge >= 0.3 is 0 Å². The minimum absolute atomic E-state index is 0.00233. The first kappa shape index (κ1) is 25.0. The molecule has 2 saturated carbocycles. The molecule has 2 aliphatic carbocycles. The third kappa shape index (κ3) is 7.73. The van der Waals surface area contributed by atoms with Gasteiger partial charge in [0.25, 0.3) is 0 Å². The number of nitrogens with one attached hydrogen (secondary N) is 1. The third-order valence-corrected chi connectivity index (χ3v) is 7.71. The Bertz CT molecular complexity index is 486. The molecule has 5 atom stereocenters. The summed E-state index contributed by atoms with van der Waals surface area (Å²) >= 11 is 12.6. The van der Waals surface area contributed by atoms with Crippen molar-refractivity contribution < 1.29 is 19.3 Å². The minimum Gasteiger partial charge on any atom is -0.380 e. The molecule has 0 aromatic carbocycles. The molecular formula is C22H40Cl2N2O4. The maximum Gasteiger partial charge on any atom is 0.102 e. The summed E-state index contributed by atoms with van der Waals surface area (Å²) in [5, 5.41) is 13.2. The smallest absolute Gasteiger partial charge is 0.102 e. The number of likely N-dealkylation sites (tertiary alicyclic amines) is 1. The van der Waals surface area contributed by atoms with E-state index >= 15 is 0 Å². The van der Waals surface area contributed by atoms with Crippen LogP contribution in [0.25, 0.3) is 0 Å². The normalized spacial score (nSPS) is 37.9. The van der Waals surface area contributed by atoms with Crippen molar-refractivity contribution in [2.24, 2.45) is 0 Å². The molecule has 176 valence electrons. The van der Waals surface area contributed by atoms with Crippen LogP contribution < -0.4 is 5.32 Å². The van der Waals surface area contributed by atoms with Crippen molar-refractivity contribution in [2.75, 3.05) is 33.4 Å². The Labute approximate surface area is 191 Å². The second-order valence-electron chi connectivity index (χ2n) is 9.17. The topological polar surface area (TPSA) is 63.2 Å². The van der Waals surface area contributed by atoms with E-state index in [9.17, 15) is 5.11 Å². The van der Waals surface area contributed by atoms with E-state index in [1.807, 2.05) is 0 Å². The highest BCUT2D eigenvalue weighted by atomic mass is 35.5. The largest absolute Gasteiger partial charge is 0.380 e. The standard InChI is InChI=1S/C22H40Cl2N2O4/c1-15(27)25-20-13-19(24)21(28-2)14-22(20)29-12-11-26-9-7-18(8-10-26)30-17-5-3-16(23)4-6-17/h15-22,25,27H,3-14H2,1-2H3/t15?,16?,17?,19?,20?,21?,22-/m1/s1. The first-order valence-corrected chi connectivity index (χ1v) is 12.6. The number of alkyl halides is 2. The summed E-state index contributed by atoms with van der Waals surface area (Å²) in [5.74, 6) is 0. The van der Waals surface area contributed by atoms with E-state index in [1.54, 1.807) is 14.0 Å². The maximum absolute atomic E-state index is 9.75. The van der Waals surface area contributed by atoms with E-state index in [1.165, 1.54) is 0 Å². The van der Waals surface area contributed by atoms with Gasteiger partial charge < -0.3 is 24.2 Å². The molecule has 3 fully saturated rings. The zero-order chi connectivity index (χ0) is 21.5. The Morgan fingerprint density at radius 1 is 1.00 bits per heavy atom. The number of ether oxygens (including phenoxy) is 3. The van der Waals surface area contributed by atoms with Gasteiger partial charge in [0.15, 0.2) is 0 Å². The highest BCUT2D eigenvalue weighted by molar-refractivity contribution is 6.21. The van der Waals surface area contributed by atoms with Gasteiger partial charge in [-0.2, -0.15) is 0 Å². The molecule has 1 saturated heterocycles. The van der Waals surface area contributed by atoms with Crippen LogP contribution in [0, 0.1) is 0 Å². The fraction of sp³-hybridized carbons (Fsp3) is 1.00. The van der Waals surface area contributed by atoms with Crippen molar-refractivity contribution in [3.63, 3.8) is 0 Å². The van der Waals surface area contributed by atoms with Crippen molar-refractivity contribution in [1.82, 2.24) is 10.2 Å². The van der Waals surface area contributed by atoms with Gasteiger partial charge in [-0.15, -0.1) is 23.2 Å². The Hall–Kier alpha value is 0.340. The maximum atomic E-state index is 9.75. The monoisotopic (exact) mass is 466 g/mol. The number of methoxy groups -OCH3 is 1. The molecule has 0 amide bonds. The van der Waals surface area contributed by atoms with Gasteiger partial charge in [-0.05, 0) is 51.9 Å². The van der Waals surface area contributed by atoms with Crippen molar-refractivity contribution in [1.29, 1.82) is 0 Å². The van der Waals surface area contributed by atoms with E-state index in [0.29, 0.717) is 24.2 Å². The van der Waals surface area contributed by atoms with Crippen LogP contribution in [0.3, 0.4) is 0 Å². The molecule has 1 heterocycles. The third-order valence-electron chi connectivity index (χ3n) is 6.82. The van der Waals surface area contributed by atoms with Gasteiger partial charge in [0.2, 0.25) is 0 Å². The molecule has 8 heteroatoms. The molecular weight excluding hydrogens is 427 g/mol. The predicted octanol–water partition coefficient (Wildman–Crippen LogP) is 3.12. The van der Waals surface area contributed by atoms with Crippen LogP contribution in [-0.4, -0.2) is 90.8 Å². The van der Waals surface area contributed by atoms with E-state index in [2.05, 4.69) is 10.2 Å². The molecule has 4 unspecified atom stereocenters. The van der Waals surface area contributed by atoms with Crippen molar-refractivity contribution in [2.45, 2.75) is 106 Å². The van der Waals surface area contributed by atoms with Gasteiger partial charge in [-0.3, -0.25) is 5.32 Å². The first-order chi connectivity index (χ1) is 14.4. The molecule has 0 aromatic heterocycles. The number of nitrogens with zero attached hydrogens (tertiary/aromatic N) is 1. The first-order valence-electron chi connectivity index (χ1n) is 11.7. The van der Waals surface area contributed by atoms with Crippen molar-refractivity contribution in [3.05, 3.63) is 0 Å². The van der Waals surface area contributed by atoms with Gasteiger partial charge in [0, 0.05) is 44.6 Å². The van der Waals surface area contributed by atoms with Gasteiger partial charge in [0.1, 0.15) is 6.23 Å². The number of hydrogen-bond donors (Lipinski definition) is 2. The number of hydrogen-bond acceptors (Lipinski definition) is 6. The lowest BCUT2D eigenvalue weighted by molar-refractivity contribution is -0.0708. The van der Waals surface area contributed by atoms with Gasteiger partial charge in [-0.25, -0.2) is 0 Å². The summed E-state index contributed by atoms with van der Waals surface area (Å²) in [6.45, 7) is 5.45. The fourth-order valence-electron chi connectivity index (χ4n) is 5.03. The van der Waals surface area contributed by atoms with Crippen LogP contribution in [0.15, 0.2) is 0 Å². The quantitative estimate of drug-likeness (QED) is 0.402. The Balaban J connectivity index is 1.35. The highest BCUT2D eigenvalue weighted by Crippen LogP contribution is 2.29. The summed E-state index contributed by atoms with van der Waals surface area (Å²) in [4.78, 5) is 2.47. The lowest BCUT2D eigenvalue weighted by Crippen LogP contribution is -2.54. The average Bonchev–Trinajstić information content (AvgIpc) is 2.72. The van der Waals surface area contributed by atoms with Gasteiger partial charge in [-0.1, -0.05) is 0 Å². The molecule has 0 spiro atoms. The Kier molecular flexibility index (Phi) is 10.4. The number of halogens is 2. The zero-order valence-electron chi connectivity index (χ0n) is 18.5. The molecule has 3 rings (SSSR count). The van der Waals surface area contributed by atoms with Crippen LogP contribution in [0.5, 0.6) is 0 Å². The van der Waals surface area contributed by atoms with E-state index in [4.69, 9.17) is 37.4 Å². The summed E-state index contributed by atoms with van der Waals surface area (Å²) in [7, 11) is 1.70. The Morgan fingerprint density at radius 3 is 2.30 bits per heavy atom. The van der Waals surface area contributed by atoms with E-state index in [-0.39, 0.29) is 23.6 Å². The molecule has 0 aromatic rings. The second-order valence-corrected chi connectivity index (χ2v) is 10.3. The van der Waals surface area contributed by atoms with Crippen LogP contribution in [0.4, 0.5) is 0 Å². The minimum atomic E-state index is -0.581. The zero-order valence-corrected chi connectivity index (χ0v) is 20.0. The molecule has 30 heavy (non-hydrogen) atoms. The molecule has 6 nitrogen and oxygen atoms in total. The van der Waals surface area contributed by atoms with Gasteiger partial charge in [0.05, 0.1) is 36.4 Å². The predicted molar refractivity (Wildman–Crippen MR) is 120 cm³/mol. The summed E-state index contributed by atoms with van der Waals surface area (Å²) < 4.78 is 18.1. The van der Waals surface area contributed by atoms with Crippen LogP contribution >= 0.6 is 23.2 Å². The SMILES string of the molecule is COC1C[C@@H](OCCN2CCC(OC3CCC(Cl)CC3)CC2)C(NC(C)O)CC1Cl. The molecule has 3 aliphatic rings. The summed E-state index contributed by atoms with van der Waals surface area (Å²) in [6.07, 6.45) is 8.25. The average molecular weight is 467 g/mol. The summed E-state index contributed by atoms with van der Waals surface area (Å²) in [6, 6.07) is 0.0427. The van der Waals surface area contributed by atoms with Crippen LogP contribution in [-0.2, 0) is 14.2 Å². The molecule has 1 aliphatic heterocycles. The molecule has 2 N–H and O–H groups in total. The summed E-state index contributed by atoms with van der Waals surface area (Å²) in [5.41, 5.74) is 0. The lowest BCUT2D eigenvalue weighted by Gasteiger charge is -2.40.